The number of nitro benzene ring substituents is 1. The number of hydrogen-bond donors (Lipinski definition) is 0. The summed E-state index contributed by atoms with van der Waals surface area (Å²) >= 11 is 0.712. The van der Waals surface area contributed by atoms with Crippen LogP contribution in [0.2, 0.25) is 0 Å². The molecule has 0 fully saturated rings. The maximum atomic E-state index is 11.9. The third-order valence-corrected chi connectivity index (χ3v) is 3.82. The van der Waals surface area contributed by atoms with Gasteiger partial charge in [0.05, 0.1) is 9.85 Å². The van der Waals surface area contributed by atoms with Crippen LogP contribution in [0.1, 0.15) is 28.3 Å². The Hall–Kier alpha value is -2.81. The molecule has 9 heteroatoms. The largest absolute Gasteiger partial charge is 0.454 e. The fourth-order valence-electron chi connectivity index (χ4n) is 1.71. The van der Waals surface area contributed by atoms with E-state index in [1.807, 2.05) is 0 Å². The number of nitrogens with zero attached hydrogens (tertiary/aromatic N) is 2. The molecule has 0 bridgehead atoms. The first-order chi connectivity index (χ1) is 10.4. The molecule has 0 radical (unpaired) electrons. The molecule has 0 N–H and O–H groups in total. The van der Waals surface area contributed by atoms with Gasteiger partial charge in [-0.15, -0.1) is 0 Å². The summed E-state index contributed by atoms with van der Waals surface area (Å²) in [6.45, 7) is 1.57. The molecule has 1 aromatic carbocycles. The Morgan fingerprint density at radius 1 is 1.18 bits per heavy atom. The highest BCUT2D eigenvalue weighted by molar-refractivity contribution is 7.17. The van der Waals surface area contributed by atoms with Crippen LogP contribution in [0.25, 0.3) is 0 Å². The highest BCUT2D eigenvalue weighted by atomic mass is 32.1. The zero-order valence-corrected chi connectivity index (χ0v) is 12.1. The van der Waals surface area contributed by atoms with Crippen molar-refractivity contribution in [3.63, 3.8) is 0 Å². The van der Waals surface area contributed by atoms with Gasteiger partial charge in [0.25, 0.3) is 5.69 Å². The lowest BCUT2D eigenvalue weighted by atomic mass is 10.1. The van der Waals surface area contributed by atoms with E-state index < -0.39 is 21.9 Å². The van der Waals surface area contributed by atoms with Crippen LogP contribution < -0.4 is 0 Å². The monoisotopic (exact) mass is 322 g/mol. The lowest BCUT2D eigenvalue weighted by Crippen LogP contribution is -2.08. The van der Waals surface area contributed by atoms with Gasteiger partial charge >= 0.3 is 11.0 Å². The number of nitro groups is 2. The minimum Gasteiger partial charge on any atom is -0.454 e. The highest BCUT2D eigenvalue weighted by Gasteiger charge is 2.20. The summed E-state index contributed by atoms with van der Waals surface area (Å²) in [6.07, 6.45) is -0.714. The summed E-state index contributed by atoms with van der Waals surface area (Å²) < 4.78 is 5.18. The molecule has 0 spiro atoms. The first-order valence-corrected chi connectivity index (χ1v) is 6.89. The van der Waals surface area contributed by atoms with Crippen molar-refractivity contribution in [3.8, 4) is 0 Å². The summed E-state index contributed by atoms with van der Waals surface area (Å²) in [5, 5.41) is 21.1. The van der Waals surface area contributed by atoms with Crippen LogP contribution >= 0.6 is 11.3 Å². The Balaban J connectivity index is 2.12. The molecule has 1 aromatic heterocycles. The van der Waals surface area contributed by atoms with Crippen molar-refractivity contribution in [3.05, 3.63) is 67.1 Å². The number of esters is 1. The van der Waals surface area contributed by atoms with E-state index in [9.17, 15) is 25.0 Å². The van der Waals surface area contributed by atoms with Crippen LogP contribution in [-0.2, 0) is 4.74 Å². The number of rotatable bonds is 5. The topological polar surface area (TPSA) is 113 Å². The van der Waals surface area contributed by atoms with E-state index in [-0.39, 0.29) is 15.6 Å². The quantitative estimate of drug-likeness (QED) is 0.473. The van der Waals surface area contributed by atoms with Gasteiger partial charge in [0, 0.05) is 18.2 Å². The Kier molecular flexibility index (Phi) is 4.47. The van der Waals surface area contributed by atoms with Gasteiger partial charge in [-0.05, 0) is 18.6 Å². The second-order valence-corrected chi connectivity index (χ2v) is 5.36. The van der Waals surface area contributed by atoms with E-state index >= 15 is 0 Å². The zero-order chi connectivity index (χ0) is 16.3. The van der Waals surface area contributed by atoms with Crippen molar-refractivity contribution in [1.82, 2.24) is 0 Å². The van der Waals surface area contributed by atoms with Gasteiger partial charge in [-0.2, -0.15) is 0 Å². The molecular formula is C13H10N2O6S. The van der Waals surface area contributed by atoms with E-state index in [1.165, 1.54) is 30.3 Å². The molecule has 0 saturated carbocycles. The summed E-state index contributed by atoms with van der Waals surface area (Å²) in [5.41, 5.74) is 0.362. The van der Waals surface area contributed by atoms with E-state index in [0.29, 0.717) is 16.9 Å². The number of carbonyl (C=O) groups is 1. The normalized spacial score (nSPS) is 11.7. The number of hydrogen-bond acceptors (Lipinski definition) is 7. The smallest absolute Gasteiger partial charge is 0.349 e. The number of benzene rings is 1. The van der Waals surface area contributed by atoms with Gasteiger partial charge < -0.3 is 4.74 Å². The first kappa shape index (κ1) is 15.6. The standard InChI is InChI=1S/C13H10N2O6S/c1-8(9-3-2-4-10(7-9)14(17)18)21-13(16)11-5-6-12(22-11)15(19)20/h2-8H,1H3/t8-/m1/s1. The molecule has 1 heterocycles. The van der Waals surface area contributed by atoms with Crippen LogP contribution in [0.3, 0.4) is 0 Å². The number of ether oxygens (including phenoxy) is 1. The molecule has 0 saturated heterocycles. The Morgan fingerprint density at radius 3 is 2.50 bits per heavy atom. The van der Waals surface area contributed by atoms with Crippen LogP contribution in [0, 0.1) is 20.2 Å². The Morgan fingerprint density at radius 2 is 1.91 bits per heavy atom. The van der Waals surface area contributed by atoms with Crippen molar-refractivity contribution in [2.75, 3.05) is 0 Å². The number of carbonyl (C=O) groups excluding carboxylic acids is 1. The highest BCUT2D eigenvalue weighted by Crippen LogP contribution is 2.27. The third kappa shape index (κ3) is 3.44. The Labute approximate surface area is 128 Å². The van der Waals surface area contributed by atoms with Crippen molar-refractivity contribution >= 4 is 28.0 Å². The van der Waals surface area contributed by atoms with Crippen molar-refractivity contribution in [1.29, 1.82) is 0 Å². The SMILES string of the molecule is C[C@@H](OC(=O)c1ccc([N+](=O)[O-])s1)c1cccc([N+](=O)[O-])c1. The predicted molar refractivity (Wildman–Crippen MR) is 77.9 cm³/mol. The minimum atomic E-state index is -0.714. The number of thiophene rings is 1. The zero-order valence-electron chi connectivity index (χ0n) is 11.3. The van der Waals surface area contributed by atoms with Crippen LogP contribution in [0.4, 0.5) is 10.7 Å². The lowest BCUT2D eigenvalue weighted by molar-refractivity contribution is -0.385. The van der Waals surface area contributed by atoms with Crippen LogP contribution in [0.5, 0.6) is 0 Å². The number of non-ortho nitro benzene ring substituents is 1. The second kappa shape index (κ2) is 6.31. The van der Waals surface area contributed by atoms with Gasteiger partial charge in [-0.3, -0.25) is 20.2 Å². The molecule has 114 valence electrons. The van der Waals surface area contributed by atoms with Gasteiger partial charge in [0.1, 0.15) is 11.0 Å². The summed E-state index contributed by atoms with van der Waals surface area (Å²) in [5.74, 6) is -0.711. The molecule has 2 rings (SSSR count). The molecule has 2 aromatic rings. The van der Waals surface area contributed by atoms with Gasteiger partial charge in [0.15, 0.2) is 0 Å². The molecule has 0 aliphatic heterocycles. The van der Waals surface area contributed by atoms with E-state index in [4.69, 9.17) is 4.74 Å². The molecule has 0 amide bonds. The van der Waals surface area contributed by atoms with Crippen molar-refractivity contribution in [2.24, 2.45) is 0 Å². The van der Waals surface area contributed by atoms with Gasteiger partial charge in [0.2, 0.25) is 0 Å². The van der Waals surface area contributed by atoms with E-state index in [2.05, 4.69) is 0 Å². The fraction of sp³-hybridized carbons (Fsp3) is 0.154. The van der Waals surface area contributed by atoms with Crippen LogP contribution in [0.15, 0.2) is 36.4 Å². The van der Waals surface area contributed by atoms with Crippen LogP contribution in [-0.4, -0.2) is 15.8 Å². The molecule has 0 aliphatic carbocycles. The Bertz CT molecular complexity index is 742. The lowest BCUT2D eigenvalue weighted by Gasteiger charge is -2.12. The van der Waals surface area contributed by atoms with Crippen molar-refractivity contribution < 1.29 is 19.4 Å². The fourth-order valence-corrected chi connectivity index (χ4v) is 2.42. The van der Waals surface area contributed by atoms with Crippen molar-refractivity contribution in [2.45, 2.75) is 13.0 Å². The van der Waals surface area contributed by atoms with E-state index in [1.54, 1.807) is 13.0 Å². The predicted octanol–water partition coefficient (Wildman–Crippen LogP) is 3.48. The summed E-state index contributed by atoms with van der Waals surface area (Å²) in [6, 6.07) is 8.27. The molecule has 0 unspecified atom stereocenters. The van der Waals surface area contributed by atoms with Gasteiger partial charge in [-0.25, -0.2) is 4.79 Å². The van der Waals surface area contributed by atoms with Gasteiger partial charge in [-0.1, -0.05) is 23.5 Å². The second-order valence-electron chi connectivity index (χ2n) is 4.29. The maximum absolute atomic E-state index is 11.9. The average Bonchev–Trinajstić information content (AvgIpc) is 2.97. The summed E-state index contributed by atoms with van der Waals surface area (Å²) in [4.78, 5) is 32.2. The molecule has 8 nitrogen and oxygen atoms in total. The maximum Gasteiger partial charge on any atom is 0.349 e. The molecule has 0 aliphatic rings. The molecule has 22 heavy (non-hydrogen) atoms. The van der Waals surface area contributed by atoms with E-state index in [0.717, 1.165) is 0 Å². The summed E-state index contributed by atoms with van der Waals surface area (Å²) in [7, 11) is 0. The molecule has 1 atom stereocenters. The first-order valence-electron chi connectivity index (χ1n) is 6.08. The minimum absolute atomic E-state index is 0.101. The third-order valence-electron chi connectivity index (χ3n) is 2.81. The molecular weight excluding hydrogens is 312 g/mol. The average molecular weight is 322 g/mol.